The van der Waals surface area contributed by atoms with E-state index in [2.05, 4.69) is 0 Å². The SMILES string of the molecule is CCCON1C(=O)[C@@H]2[C@@H]3O[C@@H]([C@@H]2C1=O)[C@@H]1[C@@H]3[C@@]2(Cl)C(Cl)=C(Cl)[C@@]1(Cl)C2(Cl)Cl. The van der Waals surface area contributed by atoms with Gasteiger partial charge in [0.25, 0.3) is 11.8 Å². The van der Waals surface area contributed by atoms with Crippen LogP contribution in [0.25, 0.3) is 0 Å². The molecule has 3 aliphatic heterocycles. The summed E-state index contributed by atoms with van der Waals surface area (Å²) in [6.45, 7) is 2.13. The summed E-state index contributed by atoms with van der Waals surface area (Å²) in [6, 6.07) is 0. The van der Waals surface area contributed by atoms with E-state index >= 15 is 0 Å². The molecule has 2 amide bonds. The van der Waals surface area contributed by atoms with Crippen molar-refractivity contribution >= 4 is 81.4 Å². The number of alkyl halides is 4. The van der Waals surface area contributed by atoms with Crippen molar-refractivity contribution in [1.82, 2.24) is 5.06 Å². The summed E-state index contributed by atoms with van der Waals surface area (Å²) in [5.74, 6) is -3.48. The van der Waals surface area contributed by atoms with Crippen molar-refractivity contribution in [1.29, 1.82) is 0 Å². The Hall–Kier alpha value is 0.540. The molecule has 5 rings (SSSR count). The summed E-state index contributed by atoms with van der Waals surface area (Å²) in [6.07, 6.45) is -0.748. The first-order valence-electron chi connectivity index (χ1n) is 8.54. The lowest BCUT2D eigenvalue weighted by molar-refractivity contribution is -0.192. The number of amides is 2. The van der Waals surface area contributed by atoms with Gasteiger partial charge in [-0.1, -0.05) is 53.3 Å². The van der Waals surface area contributed by atoms with Crippen LogP contribution in [-0.2, 0) is 19.2 Å². The van der Waals surface area contributed by atoms with Gasteiger partial charge in [-0.2, -0.15) is 5.06 Å². The Kier molecular flexibility index (Phi) is 4.05. The van der Waals surface area contributed by atoms with Crippen LogP contribution in [0.4, 0.5) is 0 Å². The van der Waals surface area contributed by atoms with Gasteiger partial charge in [-0.15, -0.1) is 23.2 Å². The molecule has 0 unspecified atom stereocenters. The van der Waals surface area contributed by atoms with E-state index in [0.29, 0.717) is 6.42 Å². The Morgan fingerprint density at radius 1 is 0.963 bits per heavy atom. The van der Waals surface area contributed by atoms with Gasteiger partial charge >= 0.3 is 0 Å². The number of nitrogens with zero attached hydrogens (tertiary/aromatic N) is 1. The number of imide groups is 1. The number of halogens is 6. The van der Waals surface area contributed by atoms with E-state index in [9.17, 15) is 9.59 Å². The van der Waals surface area contributed by atoms with Crippen LogP contribution in [0.5, 0.6) is 0 Å². The highest BCUT2D eigenvalue weighted by atomic mass is 35.5. The molecule has 3 heterocycles. The van der Waals surface area contributed by atoms with Gasteiger partial charge in [-0.3, -0.25) is 14.4 Å². The number of hydrogen-bond donors (Lipinski definition) is 0. The van der Waals surface area contributed by atoms with Crippen LogP contribution >= 0.6 is 69.6 Å². The molecule has 3 saturated heterocycles. The molecule has 5 aliphatic rings. The Bertz CT molecular complexity index is 761. The molecule has 8 atom stereocenters. The van der Waals surface area contributed by atoms with Crippen molar-refractivity contribution in [3.8, 4) is 0 Å². The Morgan fingerprint density at radius 3 is 1.81 bits per heavy atom. The molecule has 0 N–H and O–H groups in total. The molecule has 4 fully saturated rings. The lowest BCUT2D eigenvalue weighted by atomic mass is 9.65. The molecule has 0 aromatic heterocycles. The number of carbonyl (C=O) groups is 2. The minimum Gasteiger partial charge on any atom is -0.373 e. The zero-order valence-electron chi connectivity index (χ0n) is 13.7. The van der Waals surface area contributed by atoms with E-state index in [1.807, 2.05) is 6.92 Å². The van der Waals surface area contributed by atoms with E-state index in [-0.39, 0.29) is 16.7 Å². The first-order chi connectivity index (χ1) is 12.6. The number of allylic oxidation sites excluding steroid dienone is 2. The monoisotopic (exact) mass is 493 g/mol. The zero-order valence-corrected chi connectivity index (χ0v) is 18.3. The van der Waals surface area contributed by atoms with Crippen LogP contribution in [0.15, 0.2) is 10.1 Å². The topological polar surface area (TPSA) is 55.8 Å². The number of ether oxygens (including phenoxy) is 1. The molecule has 5 nitrogen and oxygen atoms in total. The molecule has 0 radical (unpaired) electrons. The van der Waals surface area contributed by atoms with Gasteiger partial charge in [-0.05, 0) is 6.42 Å². The maximum atomic E-state index is 12.9. The molecular formula is C16H13Cl6NO4. The number of fused-ring (bicyclic) bond motifs is 12. The number of hydroxylamine groups is 2. The van der Waals surface area contributed by atoms with Crippen LogP contribution < -0.4 is 0 Å². The fourth-order valence-electron chi connectivity index (χ4n) is 5.58. The highest BCUT2D eigenvalue weighted by Gasteiger charge is 2.90. The number of carbonyl (C=O) groups excluding carboxylic acids is 2. The average molecular weight is 496 g/mol. The number of rotatable bonds is 3. The Balaban J connectivity index is 1.61. The van der Waals surface area contributed by atoms with E-state index in [0.717, 1.165) is 5.06 Å². The van der Waals surface area contributed by atoms with Gasteiger partial charge in [0.1, 0.15) is 9.75 Å². The molecule has 1 saturated carbocycles. The van der Waals surface area contributed by atoms with Gasteiger partial charge in [-0.25, -0.2) is 0 Å². The third-order valence-corrected chi connectivity index (χ3v) is 10.9. The molecule has 11 heteroatoms. The summed E-state index contributed by atoms with van der Waals surface area (Å²) in [5, 5.41) is 0.975. The molecule has 148 valence electrons. The predicted molar refractivity (Wildman–Crippen MR) is 101 cm³/mol. The van der Waals surface area contributed by atoms with E-state index < -0.39 is 61.8 Å². The smallest absolute Gasteiger partial charge is 0.260 e. The quantitative estimate of drug-likeness (QED) is 0.441. The van der Waals surface area contributed by atoms with Gasteiger partial charge in [0, 0.05) is 11.8 Å². The lowest BCUT2D eigenvalue weighted by Crippen LogP contribution is -2.50. The van der Waals surface area contributed by atoms with Crippen molar-refractivity contribution in [2.24, 2.45) is 23.7 Å². The average Bonchev–Trinajstić information content (AvgIpc) is 3.31. The molecule has 27 heavy (non-hydrogen) atoms. The van der Waals surface area contributed by atoms with E-state index in [4.69, 9.17) is 79.2 Å². The van der Waals surface area contributed by atoms with Gasteiger partial charge in [0.2, 0.25) is 0 Å². The van der Waals surface area contributed by atoms with Crippen LogP contribution in [-0.4, -0.2) is 49.8 Å². The third-order valence-electron chi connectivity index (χ3n) is 6.56. The highest BCUT2D eigenvalue weighted by Crippen LogP contribution is 2.81. The van der Waals surface area contributed by atoms with Crippen LogP contribution in [0.2, 0.25) is 0 Å². The Labute approximate surface area is 185 Å². The van der Waals surface area contributed by atoms with Crippen LogP contribution in [0, 0.1) is 23.7 Å². The summed E-state index contributed by atoms with van der Waals surface area (Å²) < 4.78 is 4.33. The molecule has 0 aromatic rings. The standard InChI is InChI=1S/C16H13Cl6NO4/c1-2-3-26-23-12(24)4-5(13(23)25)9-7-6(8(4)27-9)14(19)10(17)11(18)15(7,20)16(14,21)22/h4-9H,2-3H2,1H3/t4-,5+,6-,7-,8-,9-,14+,15+/m0/s1. The lowest BCUT2D eigenvalue weighted by Gasteiger charge is -2.39. The zero-order chi connectivity index (χ0) is 19.7. The highest BCUT2D eigenvalue weighted by molar-refractivity contribution is 6.65. The minimum atomic E-state index is -1.71. The molecule has 4 bridgehead atoms. The first kappa shape index (κ1) is 19.5. The van der Waals surface area contributed by atoms with Crippen molar-refractivity contribution < 1.29 is 19.2 Å². The number of hydrogen-bond acceptors (Lipinski definition) is 4. The maximum absolute atomic E-state index is 12.9. The first-order valence-corrected chi connectivity index (χ1v) is 10.8. The summed E-state index contributed by atoms with van der Waals surface area (Å²) in [5.41, 5.74) is 0. The summed E-state index contributed by atoms with van der Waals surface area (Å²) in [7, 11) is 0. The third kappa shape index (κ3) is 1.79. The van der Waals surface area contributed by atoms with E-state index in [1.54, 1.807) is 0 Å². The van der Waals surface area contributed by atoms with Gasteiger partial charge in [0.15, 0.2) is 4.33 Å². The van der Waals surface area contributed by atoms with Crippen molar-refractivity contribution in [3.05, 3.63) is 10.1 Å². The fourth-order valence-corrected chi connectivity index (χ4v) is 8.64. The fraction of sp³-hybridized carbons (Fsp3) is 0.750. The predicted octanol–water partition coefficient (Wildman–Crippen LogP) is 3.79. The second-order valence-electron chi connectivity index (χ2n) is 7.60. The molecule has 2 aliphatic carbocycles. The molecule has 0 spiro atoms. The van der Waals surface area contributed by atoms with Crippen molar-refractivity contribution in [2.45, 2.75) is 39.6 Å². The summed E-state index contributed by atoms with van der Waals surface area (Å²) in [4.78, 5) is 28.1. The Morgan fingerprint density at radius 2 is 1.41 bits per heavy atom. The van der Waals surface area contributed by atoms with E-state index in [1.165, 1.54) is 0 Å². The second kappa shape index (κ2) is 5.61. The van der Waals surface area contributed by atoms with Gasteiger partial charge in [0.05, 0.1) is 40.7 Å². The second-order valence-corrected chi connectivity index (χ2v) is 10.9. The van der Waals surface area contributed by atoms with Gasteiger partial charge < -0.3 is 4.74 Å². The summed E-state index contributed by atoms with van der Waals surface area (Å²) >= 11 is 39.8. The van der Waals surface area contributed by atoms with Crippen LogP contribution in [0.3, 0.4) is 0 Å². The van der Waals surface area contributed by atoms with Crippen molar-refractivity contribution in [3.63, 3.8) is 0 Å². The maximum Gasteiger partial charge on any atom is 0.260 e. The van der Waals surface area contributed by atoms with Crippen molar-refractivity contribution in [2.75, 3.05) is 6.61 Å². The molecule has 0 aromatic carbocycles. The molecular weight excluding hydrogens is 483 g/mol. The normalized spacial score (nSPS) is 51.6. The minimum absolute atomic E-state index is 0.0654. The van der Waals surface area contributed by atoms with Crippen LogP contribution in [0.1, 0.15) is 13.3 Å². The largest absolute Gasteiger partial charge is 0.373 e.